The molecule has 0 aliphatic heterocycles. The summed E-state index contributed by atoms with van der Waals surface area (Å²) >= 11 is 0. The predicted octanol–water partition coefficient (Wildman–Crippen LogP) is 3.45. The van der Waals surface area contributed by atoms with Gasteiger partial charge in [-0.1, -0.05) is 33.8 Å². The molecule has 0 aromatic heterocycles. The van der Waals surface area contributed by atoms with Crippen LogP contribution < -0.4 is 0 Å². The van der Waals surface area contributed by atoms with E-state index in [1.165, 1.54) is 0 Å². The largest absolute Gasteiger partial charge is 0.369 e. The van der Waals surface area contributed by atoms with Crippen LogP contribution in [0.15, 0.2) is 17.6 Å². The zero-order valence-corrected chi connectivity index (χ0v) is 10.8. The Morgan fingerprint density at radius 2 is 1.31 bits per heavy atom. The topological polar surface area (TPSA) is 15.6 Å². The average molecular weight is 188 g/mol. The van der Waals surface area contributed by atoms with Crippen LogP contribution in [0.25, 0.3) is 0 Å². The van der Waals surface area contributed by atoms with E-state index in [9.17, 15) is 0 Å². The highest BCUT2D eigenvalue weighted by Gasteiger charge is 1.67. The van der Waals surface area contributed by atoms with E-state index in [0.717, 1.165) is 0 Å². The van der Waals surface area contributed by atoms with Gasteiger partial charge in [-0.25, -0.2) is 0 Å². The van der Waals surface area contributed by atoms with Crippen LogP contribution in [0.2, 0.25) is 0 Å². The minimum absolute atomic E-state index is 1.75. The highest BCUT2D eigenvalue weighted by molar-refractivity contribution is 5.53. The van der Waals surface area contributed by atoms with E-state index >= 15 is 0 Å². The third-order valence-electron chi connectivity index (χ3n) is 0.346. The summed E-state index contributed by atoms with van der Waals surface area (Å²) in [6.07, 6.45) is 3.50. The van der Waals surface area contributed by atoms with Crippen molar-refractivity contribution in [1.29, 1.82) is 0 Å². The van der Waals surface area contributed by atoms with Gasteiger partial charge in [0.1, 0.15) is 0 Å². The first kappa shape index (κ1) is 22.8. The van der Waals surface area contributed by atoms with E-state index in [-0.39, 0.29) is 0 Å². The molecule has 0 saturated heterocycles. The molecule has 0 aromatic carbocycles. The third-order valence-corrected chi connectivity index (χ3v) is 0.346. The summed E-state index contributed by atoms with van der Waals surface area (Å²) < 4.78 is 0. The Hall–Kier alpha value is -0.790. The molecule has 0 heterocycles. The monoisotopic (exact) mass is 188 g/mol. The fourth-order valence-corrected chi connectivity index (χ4v) is 0.231. The summed E-state index contributed by atoms with van der Waals surface area (Å²) in [5.41, 5.74) is 0. The van der Waals surface area contributed by atoms with Gasteiger partial charge in [-0.15, -0.1) is 6.58 Å². The van der Waals surface area contributed by atoms with Gasteiger partial charge >= 0.3 is 0 Å². The lowest BCUT2D eigenvalue weighted by Gasteiger charge is -1.98. The van der Waals surface area contributed by atoms with Crippen molar-refractivity contribution in [2.24, 2.45) is 4.99 Å². The van der Waals surface area contributed by atoms with Crippen molar-refractivity contribution in [1.82, 2.24) is 4.90 Å². The highest BCUT2D eigenvalue weighted by Crippen LogP contribution is 1.59. The molecule has 0 atom stereocenters. The van der Waals surface area contributed by atoms with Gasteiger partial charge in [-0.05, 0) is 6.92 Å². The number of aliphatic imine (C=N–C) groups is 1. The number of rotatable bonds is 1. The molecule has 0 spiro atoms. The Labute approximate surface area is 85.4 Å². The van der Waals surface area contributed by atoms with Crippen molar-refractivity contribution in [3.63, 3.8) is 0 Å². The maximum absolute atomic E-state index is 3.74. The van der Waals surface area contributed by atoms with Crippen LogP contribution in [0.5, 0.6) is 0 Å². The van der Waals surface area contributed by atoms with Gasteiger partial charge in [0.15, 0.2) is 0 Å². The molecule has 0 N–H and O–H groups in total. The first-order valence-electron chi connectivity index (χ1n) is 4.84. The maximum Gasteiger partial charge on any atom is 0.0841 e. The van der Waals surface area contributed by atoms with Gasteiger partial charge in [0.2, 0.25) is 0 Å². The predicted molar refractivity (Wildman–Crippen MR) is 66.7 cm³/mol. The Morgan fingerprint density at radius 3 is 1.31 bits per heavy atom. The molecule has 0 fully saturated rings. The lowest BCUT2D eigenvalue weighted by molar-refractivity contribution is 0.642. The van der Waals surface area contributed by atoms with Crippen molar-refractivity contribution in [2.45, 2.75) is 34.6 Å². The van der Waals surface area contributed by atoms with Crippen LogP contribution in [0, 0.1) is 0 Å². The molecule has 0 aliphatic carbocycles. The number of hydrogen-bond donors (Lipinski definition) is 0. The van der Waals surface area contributed by atoms with Gasteiger partial charge in [-0.3, -0.25) is 4.99 Å². The summed E-state index contributed by atoms with van der Waals surface area (Å²) in [5, 5.41) is 0. The molecule has 2 nitrogen and oxygen atoms in total. The van der Waals surface area contributed by atoms with Gasteiger partial charge in [0.25, 0.3) is 0 Å². The molecular formula is C11H28N2. The zero-order valence-electron chi connectivity index (χ0n) is 10.8. The number of allylic oxidation sites excluding steroid dienone is 1. The van der Waals surface area contributed by atoms with Crippen molar-refractivity contribution < 1.29 is 0 Å². The van der Waals surface area contributed by atoms with Gasteiger partial charge in [-0.2, -0.15) is 0 Å². The zero-order chi connectivity index (χ0) is 11.7. The van der Waals surface area contributed by atoms with Crippen LogP contribution in [-0.4, -0.2) is 32.4 Å². The fourth-order valence-electron chi connectivity index (χ4n) is 0.231. The van der Waals surface area contributed by atoms with Crippen molar-refractivity contribution in [2.75, 3.05) is 21.1 Å². The summed E-state index contributed by atoms with van der Waals surface area (Å²) in [4.78, 5) is 5.62. The first-order valence-corrected chi connectivity index (χ1v) is 4.84. The van der Waals surface area contributed by atoms with E-state index in [1.54, 1.807) is 19.5 Å². The summed E-state index contributed by atoms with van der Waals surface area (Å²) in [6, 6.07) is 0. The first-order chi connectivity index (χ1) is 6.18. The average Bonchev–Trinajstić information content (AvgIpc) is 2.12. The molecule has 13 heavy (non-hydrogen) atoms. The van der Waals surface area contributed by atoms with E-state index in [0.29, 0.717) is 0 Å². The molecule has 0 radical (unpaired) electrons. The molecule has 0 rings (SSSR count). The van der Waals surface area contributed by atoms with Gasteiger partial charge in [0, 0.05) is 21.1 Å². The molecule has 0 unspecified atom stereocenters. The van der Waals surface area contributed by atoms with Crippen LogP contribution >= 0.6 is 0 Å². The summed E-state index contributed by atoms with van der Waals surface area (Å²) in [7, 11) is 5.62. The van der Waals surface area contributed by atoms with Crippen molar-refractivity contribution in [3.8, 4) is 0 Å². The van der Waals surface area contributed by atoms with Crippen LogP contribution in [0.4, 0.5) is 0 Å². The lowest BCUT2D eigenvalue weighted by Crippen LogP contribution is -2.06. The van der Waals surface area contributed by atoms with Crippen LogP contribution in [0.1, 0.15) is 34.6 Å². The molecule has 0 bridgehead atoms. The number of nitrogens with zero attached hydrogens (tertiary/aromatic N) is 2. The molecule has 0 aromatic rings. The maximum atomic E-state index is 3.74. The molecule has 0 saturated carbocycles. The highest BCUT2D eigenvalue weighted by atomic mass is 15.1. The molecule has 82 valence electrons. The molecule has 0 aliphatic rings. The van der Waals surface area contributed by atoms with E-state index in [1.807, 2.05) is 53.6 Å². The van der Waals surface area contributed by atoms with Gasteiger partial charge in [0.05, 0.1) is 6.34 Å². The van der Waals surface area contributed by atoms with Crippen molar-refractivity contribution in [3.05, 3.63) is 12.7 Å². The van der Waals surface area contributed by atoms with Gasteiger partial charge < -0.3 is 4.90 Å². The quantitative estimate of drug-likeness (QED) is 0.349. The fraction of sp³-hybridized carbons (Fsp3) is 0.727. The standard InChI is InChI=1S/C4H10N2.C3H6.2C2H6/c1-5-4-6(2)3;1-3-2;2*1-2/h4H,1-3H3;3H,1H2,2H3;2*1-2H3. The lowest BCUT2D eigenvalue weighted by atomic mass is 10.8. The Kier molecular flexibility index (Phi) is 75.4. The Balaban J connectivity index is -0.0000000493. The van der Waals surface area contributed by atoms with E-state index < -0.39 is 0 Å². The number of hydrogen-bond acceptors (Lipinski definition) is 1. The smallest absolute Gasteiger partial charge is 0.0841 e. The second-order valence-electron chi connectivity index (χ2n) is 1.75. The SMILES string of the molecule is C=CC.CC.CC.CN=CN(C)C. The van der Waals surface area contributed by atoms with Crippen LogP contribution in [0.3, 0.4) is 0 Å². The minimum Gasteiger partial charge on any atom is -0.369 e. The summed E-state index contributed by atoms with van der Waals surface area (Å²) in [6.45, 7) is 13.2. The molecule has 0 amide bonds. The normalized spacial score (nSPS) is 6.46. The minimum atomic E-state index is 1.75. The Morgan fingerprint density at radius 1 is 1.08 bits per heavy atom. The van der Waals surface area contributed by atoms with Crippen molar-refractivity contribution >= 4 is 6.34 Å². The second-order valence-corrected chi connectivity index (χ2v) is 1.75. The van der Waals surface area contributed by atoms with Crippen LogP contribution in [-0.2, 0) is 0 Å². The van der Waals surface area contributed by atoms with E-state index in [4.69, 9.17) is 0 Å². The molecular weight excluding hydrogens is 160 g/mol. The van der Waals surface area contributed by atoms with E-state index in [2.05, 4.69) is 11.6 Å². The Bertz CT molecular complexity index is 76.2. The second kappa shape index (κ2) is 43.1. The molecule has 2 heteroatoms. The summed E-state index contributed by atoms with van der Waals surface area (Å²) in [5.74, 6) is 0. The third kappa shape index (κ3) is 195.